The van der Waals surface area contributed by atoms with Crippen molar-refractivity contribution in [1.82, 2.24) is 20.2 Å². The largest absolute Gasteiger partial charge is 0.356 e. The number of anilines is 1. The van der Waals surface area contributed by atoms with E-state index in [1.165, 1.54) is 0 Å². The molecule has 0 atom stereocenters. The molecule has 0 unspecified atom stereocenters. The number of thiazole rings is 1. The second kappa shape index (κ2) is 8.21. The Morgan fingerprint density at radius 1 is 1.30 bits per heavy atom. The van der Waals surface area contributed by atoms with Gasteiger partial charge in [-0.1, -0.05) is 11.3 Å². The van der Waals surface area contributed by atoms with Gasteiger partial charge in [-0.05, 0) is 37.8 Å². The molecule has 0 aliphatic carbocycles. The van der Waals surface area contributed by atoms with E-state index in [0.717, 1.165) is 67.3 Å². The van der Waals surface area contributed by atoms with E-state index in [1.807, 2.05) is 17.0 Å². The van der Waals surface area contributed by atoms with E-state index in [-0.39, 0.29) is 17.7 Å². The number of amides is 2. The van der Waals surface area contributed by atoms with Gasteiger partial charge in [-0.2, -0.15) is 0 Å². The van der Waals surface area contributed by atoms with Gasteiger partial charge in [0.15, 0.2) is 5.13 Å². The molecule has 7 nitrogen and oxygen atoms in total. The van der Waals surface area contributed by atoms with Crippen LogP contribution < -0.4 is 10.2 Å². The highest BCUT2D eigenvalue weighted by molar-refractivity contribution is 7.21. The average molecular weight is 388 g/mol. The lowest BCUT2D eigenvalue weighted by Gasteiger charge is -2.31. The minimum atomic E-state index is 0.0715. The summed E-state index contributed by atoms with van der Waals surface area (Å²) in [7, 11) is 0. The molecule has 8 heteroatoms. The van der Waals surface area contributed by atoms with Crippen molar-refractivity contribution in [2.24, 2.45) is 5.92 Å². The zero-order chi connectivity index (χ0) is 18.6. The van der Waals surface area contributed by atoms with Crippen LogP contribution in [0.5, 0.6) is 0 Å². The van der Waals surface area contributed by atoms with Gasteiger partial charge in [0.2, 0.25) is 11.8 Å². The van der Waals surface area contributed by atoms with Crippen LogP contribution in [0, 0.1) is 5.92 Å². The third-order valence-corrected chi connectivity index (χ3v) is 6.41. The monoisotopic (exact) mass is 387 g/mol. The van der Waals surface area contributed by atoms with E-state index in [0.29, 0.717) is 13.0 Å². The quantitative estimate of drug-likeness (QED) is 0.768. The smallest absolute Gasteiger partial charge is 0.223 e. The fraction of sp³-hybridized carbons (Fsp3) is 0.579. The van der Waals surface area contributed by atoms with Gasteiger partial charge in [-0.3, -0.25) is 9.59 Å². The SMILES string of the molecule is O=C(NCCCN1CCCC1=O)C1CCN(c2nc3cccnc3s2)CC1. The summed E-state index contributed by atoms with van der Waals surface area (Å²) in [5.74, 6) is 0.467. The number of hydrogen-bond acceptors (Lipinski definition) is 6. The predicted molar refractivity (Wildman–Crippen MR) is 106 cm³/mol. The Bertz CT molecular complexity index is 782. The van der Waals surface area contributed by atoms with E-state index in [4.69, 9.17) is 0 Å². The van der Waals surface area contributed by atoms with Crippen LogP contribution in [0.2, 0.25) is 0 Å². The zero-order valence-electron chi connectivity index (χ0n) is 15.4. The highest BCUT2D eigenvalue weighted by atomic mass is 32.1. The van der Waals surface area contributed by atoms with Crippen LogP contribution in [0.25, 0.3) is 10.3 Å². The first-order valence-corrected chi connectivity index (χ1v) is 10.5. The first-order chi connectivity index (χ1) is 13.2. The summed E-state index contributed by atoms with van der Waals surface area (Å²) in [6, 6.07) is 3.89. The van der Waals surface area contributed by atoms with Crippen molar-refractivity contribution in [1.29, 1.82) is 0 Å². The number of nitrogens with one attached hydrogen (secondary N) is 1. The van der Waals surface area contributed by atoms with E-state index in [2.05, 4.69) is 20.2 Å². The van der Waals surface area contributed by atoms with Gasteiger partial charge in [0, 0.05) is 51.3 Å². The van der Waals surface area contributed by atoms with Crippen molar-refractivity contribution in [2.45, 2.75) is 32.1 Å². The molecule has 4 heterocycles. The second-order valence-corrected chi connectivity index (χ2v) is 8.17. The predicted octanol–water partition coefficient (Wildman–Crippen LogP) is 2.04. The first kappa shape index (κ1) is 18.2. The van der Waals surface area contributed by atoms with Crippen molar-refractivity contribution in [2.75, 3.05) is 37.6 Å². The van der Waals surface area contributed by atoms with Crippen molar-refractivity contribution >= 4 is 38.6 Å². The highest BCUT2D eigenvalue weighted by Gasteiger charge is 2.26. The van der Waals surface area contributed by atoms with Gasteiger partial charge >= 0.3 is 0 Å². The molecule has 0 radical (unpaired) electrons. The van der Waals surface area contributed by atoms with Gasteiger partial charge in [0.1, 0.15) is 10.3 Å². The van der Waals surface area contributed by atoms with Crippen molar-refractivity contribution < 1.29 is 9.59 Å². The number of likely N-dealkylation sites (tertiary alicyclic amines) is 1. The highest BCUT2D eigenvalue weighted by Crippen LogP contribution is 2.30. The molecule has 27 heavy (non-hydrogen) atoms. The molecule has 2 aromatic heterocycles. The van der Waals surface area contributed by atoms with Crippen LogP contribution in [0.4, 0.5) is 5.13 Å². The molecule has 0 bridgehead atoms. The summed E-state index contributed by atoms with van der Waals surface area (Å²) < 4.78 is 0. The average Bonchev–Trinajstić information content (AvgIpc) is 3.31. The number of rotatable bonds is 6. The van der Waals surface area contributed by atoms with Crippen molar-refractivity contribution in [3.63, 3.8) is 0 Å². The van der Waals surface area contributed by atoms with Gasteiger partial charge in [0.25, 0.3) is 0 Å². The van der Waals surface area contributed by atoms with E-state index < -0.39 is 0 Å². The minimum Gasteiger partial charge on any atom is -0.356 e. The number of fused-ring (bicyclic) bond motifs is 1. The number of pyridine rings is 1. The Labute approximate surface area is 162 Å². The lowest BCUT2D eigenvalue weighted by Crippen LogP contribution is -2.41. The maximum absolute atomic E-state index is 12.4. The summed E-state index contributed by atoms with van der Waals surface area (Å²) in [4.78, 5) is 38.1. The topological polar surface area (TPSA) is 78.4 Å². The van der Waals surface area contributed by atoms with Crippen LogP contribution in [-0.2, 0) is 9.59 Å². The fourth-order valence-corrected chi connectivity index (χ4v) is 4.75. The van der Waals surface area contributed by atoms with E-state index >= 15 is 0 Å². The van der Waals surface area contributed by atoms with E-state index in [1.54, 1.807) is 17.5 Å². The normalized spacial score (nSPS) is 18.4. The Morgan fingerprint density at radius 2 is 2.15 bits per heavy atom. The molecule has 0 spiro atoms. The minimum absolute atomic E-state index is 0.0715. The van der Waals surface area contributed by atoms with Crippen molar-refractivity contribution in [3.8, 4) is 0 Å². The Morgan fingerprint density at radius 3 is 2.89 bits per heavy atom. The van der Waals surface area contributed by atoms with Gasteiger partial charge < -0.3 is 15.1 Å². The van der Waals surface area contributed by atoms with Crippen LogP contribution in [0.1, 0.15) is 32.1 Å². The molecule has 2 amide bonds. The van der Waals surface area contributed by atoms with Crippen LogP contribution in [-0.4, -0.2) is 59.4 Å². The fourth-order valence-electron chi connectivity index (χ4n) is 3.79. The molecule has 2 aliphatic rings. The third kappa shape index (κ3) is 4.21. The number of nitrogens with zero attached hydrogens (tertiary/aromatic N) is 4. The molecule has 2 aliphatic heterocycles. The van der Waals surface area contributed by atoms with Crippen LogP contribution in [0.15, 0.2) is 18.3 Å². The molecule has 0 aromatic carbocycles. The number of carbonyl (C=O) groups is 2. The molecule has 0 saturated carbocycles. The standard InChI is InChI=1S/C19H25N5O2S/c25-16-5-2-10-23(16)11-3-9-20-17(26)14-6-12-24(13-7-14)19-22-15-4-1-8-21-18(15)27-19/h1,4,8,14H,2-3,5-7,9-13H2,(H,20,26). The summed E-state index contributed by atoms with van der Waals surface area (Å²) >= 11 is 1.61. The van der Waals surface area contributed by atoms with E-state index in [9.17, 15) is 9.59 Å². The maximum Gasteiger partial charge on any atom is 0.223 e. The summed E-state index contributed by atoms with van der Waals surface area (Å²) in [6.45, 7) is 3.96. The Kier molecular flexibility index (Phi) is 5.52. The summed E-state index contributed by atoms with van der Waals surface area (Å²) in [6.07, 6.45) is 5.96. The molecular weight excluding hydrogens is 362 g/mol. The lowest BCUT2D eigenvalue weighted by molar-refractivity contribution is -0.127. The molecule has 1 N–H and O–H groups in total. The molecular formula is C19H25N5O2S. The second-order valence-electron chi connectivity index (χ2n) is 7.21. The lowest BCUT2D eigenvalue weighted by atomic mass is 9.96. The Balaban J connectivity index is 1.20. The maximum atomic E-state index is 12.4. The number of hydrogen-bond donors (Lipinski definition) is 1. The number of aromatic nitrogens is 2. The number of piperidine rings is 1. The van der Waals surface area contributed by atoms with Gasteiger partial charge in [-0.25, -0.2) is 9.97 Å². The summed E-state index contributed by atoms with van der Waals surface area (Å²) in [5.41, 5.74) is 0.939. The zero-order valence-corrected chi connectivity index (χ0v) is 16.2. The van der Waals surface area contributed by atoms with Crippen LogP contribution in [0.3, 0.4) is 0 Å². The van der Waals surface area contributed by atoms with Gasteiger partial charge in [0.05, 0.1) is 0 Å². The molecule has 4 rings (SSSR count). The summed E-state index contributed by atoms with van der Waals surface area (Å²) in [5, 5.41) is 4.05. The molecule has 2 fully saturated rings. The molecule has 2 aromatic rings. The van der Waals surface area contributed by atoms with Gasteiger partial charge in [-0.15, -0.1) is 0 Å². The third-order valence-electron chi connectivity index (χ3n) is 5.37. The Hall–Kier alpha value is -2.22. The van der Waals surface area contributed by atoms with Crippen molar-refractivity contribution in [3.05, 3.63) is 18.3 Å². The molecule has 144 valence electrons. The number of carbonyl (C=O) groups excluding carboxylic acids is 2. The van der Waals surface area contributed by atoms with Crippen LogP contribution >= 0.6 is 11.3 Å². The first-order valence-electron chi connectivity index (χ1n) is 9.73. The molecule has 2 saturated heterocycles.